The quantitative estimate of drug-likeness (QED) is 0.877. The van der Waals surface area contributed by atoms with Gasteiger partial charge in [0.1, 0.15) is 11.7 Å². The first-order valence-corrected chi connectivity index (χ1v) is 8.08. The Kier molecular flexibility index (Phi) is 3.65. The van der Waals surface area contributed by atoms with E-state index >= 15 is 0 Å². The predicted octanol–water partition coefficient (Wildman–Crippen LogP) is 2.72. The number of nitrogens with zero attached hydrogens (tertiary/aromatic N) is 4. The molecule has 1 aromatic rings. The van der Waals surface area contributed by atoms with Crippen LogP contribution in [0.2, 0.25) is 0 Å². The fourth-order valence-electron chi connectivity index (χ4n) is 2.76. The van der Waals surface area contributed by atoms with E-state index in [9.17, 15) is 0 Å². The molecule has 118 valence electrons. The molecule has 4 rings (SSSR count). The van der Waals surface area contributed by atoms with Crippen molar-refractivity contribution in [1.29, 1.82) is 0 Å². The van der Waals surface area contributed by atoms with E-state index in [1.165, 1.54) is 18.4 Å². The van der Waals surface area contributed by atoms with Gasteiger partial charge in [0, 0.05) is 30.1 Å². The van der Waals surface area contributed by atoms with Crippen molar-refractivity contribution in [3.8, 4) is 0 Å². The molecule has 1 aliphatic carbocycles. The highest BCUT2D eigenvalue weighted by atomic mass is 15.2. The zero-order chi connectivity index (χ0) is 15.6. The number of allylic oxidation sites excluding steroid dienone is 1. The Hall–Kier alpha value is -2.50. The normalized spacial score (nSPS) is 19.4. The number of aromatic nitrogens is 2. The number of hydrogen-bond acceptors (Lipinski definition) is 6. The zero-order valence-corrected chi connectivity index (χ0v) is 13.2. The van der Waals surface area contributed by atoms with Gasteiger partial charge in [0.2, 0.25) is 5.95 Å². The minimum atomic E-state index is 0.618. The van der Waals surface area contributed by atoms with E-state index in [-0.39, 0.29) is 0 Å². The molecule has 6 nitrogen and oxygen atoms in total. The highest BCUT2D eigenvalue weighted by molar-refractivity contribution is 6.05. The lowest BCUT2D eigenvalue weighted by Gasteiger charge is -2.09. The molecule has 0 atom stereocenters. The minimum absolute atomic E-state index is 0.618. The molecule has 0 unspecified atom stereocenters. The van der Waals surface area contributed by atoms with Gasteiger partial charge >= 0.3 is 0 Å². The first-order valence-electron chi connectivity index (χ1n) is 8.08. The molecule has 6 heteroatoms. The van der Waals surface area contributed by atoms with Crippen LogP contribution in [0.4, 0.5) is 11.8 Å². The number of nitrogens with one attached hydrogen (secondary N) is 2. The molecule has 0 amide bonds. The van der Waals surface area contributed by atoms with E-state index in [2.05, 4.69) is 36.7 Å². The Balaban J connectivity index is 1.42. The third-order valence-electron chi connectivity index (χ3n) is 4.13. The van der Waals surface area contributed by atoms with Crippen molar-refractivity contribution in [2.24, 2.45) is 15.9 Å². The first-order chi connectivity index (χ1) is 11.3. The Labute approximate surface area is 135 Å². The van der Waals surface area contributed by atoms with Crippen molar-refractivity contribution in [2.45, 2.75) is 26.2 Å². The number of aryl methyl sites for hydroxylation is 1. The molecule has 2 N–H and O–H groups in total. The van der Waals surface area contributed by atoms with Crippen molar-refractivity contribution < 1.29 is 0 Å². The summed E-state index contributed by atoms with van der Waals surface area (Å²) in [4.78, 5) is 17.8. The van der Waals surface area contributed by atoms with Crippen molar-refractivity contribution in [3.05, 3.63) is 35.7 Å². The second-order valence-electron chi connectivity index (χ2n) is 6.18. The molecule has 23 heavy (non-hydrogen) atoms. The summed E-state index contributed by atoms with van der Waals surface area (Å²) in [5.74, 6) is 3.06. The lowest BCUT2D eigenvalue weighted by atomic mass is 10.2. The maximum absolute atomic E-state index is 4.55. The monoisotopic (exact) mass is 308 g/mol. The van der Waals surface area contributed by atoms with Crippen LogP contribution in [-0.2, 0) is 0 Å². The van der Waals surface area contributed by atoms with Crippen molar-refractivity contribution in [1.82, 2.24) is 9.97 Å². The summed E-state index contributed by atoms with van der Waals surface area (Å²) in [5, 5.41) is 6.54. The fraction of sp³-hybridized carbons (Fsp3) is 0.412. The third-order valence-corrected chi connectivity index (χ3v) is 4.13. The summed E-state index contributed by atoms with van der Waals surface area (Å²) in [6, 6.07) is 1.94. The lowest BCUT2D eigenvalue weighted by Crippen LogP contribution is -2.16. The lowest BCUT2D eigenvalue weighted by molar-refractivity contribution is 0.959. The maximum atomic E-state index is 4.55. The molecule has 1 aromatic heterocycles. The van der Waals surface area contributed by atoms with Gasteiger partial charge in [0.25, 0.3) is 0 Å². The molecule has 1 fully saturated rings. The van der Waals surface area contributed by atoms with Crippen molar-refractivity contribution in [3.63, 3.8) is 0 Å². The number of hydrogen-bond donors (Lipinski definition) is 2. The van der Waals surface area contributed by atoms with Gasteiger partial charge in [0.05, 0.1) is 13.1 Å². The van der Waals surface area contributed by atoms with E-state index in [0.717, 1.165) is 41.9 Å². The average molecular weight is 308 g/mol. The standard InChI is InChI=1S/C17H20N6/c1-11-7-16(22-15-8-13(9-19-15)12-4-5-12)23-17(21-11)20-10-14-3-2-6-18-14/h2,6-8,12H,3-5,9-10H2,1H3,(H2,19,20,21,22,23). The van der Waals surface area contributed by atoms with Gasteiger partial charge in [0.15, 0.2) is 0 Å². The van der Waals surface area contributed by atoms with E-state index in [1.807, 2.05) is 25.3 Å². The molecule has 1 saturated carbocycles. The van der Waals surface area contributed by atoms with Crippen LogP contribution >= 0.6 is 0 Å². The van der Waals surface area contributed by atoms with E-state index < -0.39 is 0 Å². The molecular weight excluding hydrogens is 288 g/mol. The van der Waals surface area contributed by atoms with Gasteiger partial charge in [-0.25, -0.2) is 4.98 Å². The van der Waals surface area contributed by atoms with Crippen LogP contribution in [0.3, 0.4) is 0 Å². The van der Waals surface area contributed by atoms with Gasteiger partial charge in [-0.3, -0.25) is 9.98 Å². The summed E-state index contributed by atoms with van der Waals surface area (Å²) in [6.07, 6.45) is 9.57. The number of anilines is 2. The van der Waals surface area contributed by atoms with E-state index in [0.29, 0.717) is 12.5 Å². The van der Waals surface area contributed by atoms with Crippen LogP contribution in [-0.4, -0.2) is 34.6 Å². The van der Waals surface area contributed by atoms with Gasteiger partial charge in [-0.1, -0.05) is 6.08 Å². The number of aliphatic imine (C=N–C) groups is 2. The van der Waals surface area contributed by atoms with E-state index in [4.69, 9.17) is 0 Å². The summed E-state index contributed by atoms with van der Waals surface area (Å²) < 4.78 is 0. The highest BCUT2D eigenvalue weighted by Crippen LogP contribution is 2.37. The Morgan fingerprint density at radius 3 is 2.96 bits per heavy atom. The van der Waals surface area contributed by atoms with Gasteiger partial charge in [-0.15, -0.1) is 0 Å². The summed E-state index contributed by atoms with van der Waals surface area (Å²) in [7, 11) is 0. The molecule has 3 aliphatic rings. The third kappa shape index (κ3) is 3.47. The second kappa shape index (κ2) is 5.95. The van der Waals surface area contributed by atoms with Gasteiger partial charge in [-0.2, -0.15) is 4.98 Å². The molecule has 0 bridgehead atoms. The molecule has 2 aliphatic heterocycles. The second-order valence-corrected chi connectivity index (χ2v) is 6.18. The predicted molar refractivity (Wildman–Crippen MR) is 93.2 cm³/mol. The molecule has 0 aromatic carbocycles. The van der Waals surface area contributed by atoms with E-state index in [1.54, 1.807) is 0 Å². The highest BCUT2D eigenvalue weighted by Gasteiger charge is 2.27. The molecule has 0 saturated heterocycles. The van der Waals surface area contributed by atoms with Crippen LogP contribution in [0.1, 0.15) is 25.0 Å². The fourth-order valence-corrected chi connectivity index (χ4v) is 2.76. The summed E-state index contributed by atoms with van der Waals surface area (Å²) in [6.45, 7) is 3.46. The van der Waals surface area contributed by atoms with Gasteiger partial charge < -0.3 is 10.6 Å². The van der Waals surface area contributed by atoms with Crippen LogP contribution in [0.5, 0.6) is 0 Å². The first kappa shape index (κ1) is 14.1. The minimum Gasteiger partial charge on any atom is -0.349 e. The van der Waals surface area contributed by atoms with Crippen LogP contribution in [0.25, 0.3) is 0 Å². The SMILES string of the molecule is Cc1cc(NC2=NCC(C3CC3)=C2)nc(NCC2=NC=CC2)n1. The summed E-state index contributed by atoms with van der Waals surface area (Å²) >= 11 is 0. The molecular formula is C17H20N6. The average Bonchev–Trinajstić information content (AvgIpc) is 3.06. The van der Waals surface area contributed by atoms with Crippen LogP contribution in [0.15, 0.2) is 40.0 Å². The maximum Gasteiger partial charge on any atom is 0.225 e. The van der Waals surface area contributed by atoms with Crippen molar-refractivity contribution in [2.75, 3.05) is 23.7 Å². The van der Waals surface area contributed by atoms with Crippen LogP contribution < -0.4 is 10.6 Å². The van der Waals surface area contributed by atoms with Gasteiger partial charge in [-0.05, 0) is 37.3 Å². The smallest absolute Gasteiger partial charge is 0.225 e. The molecule has 0 radical (unpaired) electrons. The van der Waals surface area contributed by atoms with Crippen molar-refractivity contribution >= 4 is 23.3 Å². The number of rotatable bonds is 5. The molecule has 3 heterocycles. The van der Waals surface area contributed by atoms with Crippen LogP contribution in [0, 0.1) is 12.8 Å². The Bertz CT molecular complexity index is 739. The number of amidine groups is 1. The summed E-state index contributed by atoms with van der Waals surface area (Å²) in [5.41, 5.74) is 3.46. The Morgan fingerprint density at radius 1 is 1.26 bits per heavy atom. The zero-order valence-electron chi connectivity index (χ0n) is 13.2. The topological polar surface area (TPSA) is 74.6 Å². The largest absolute Gasteiger partial charge is 0.349 e. The molecule has 0 spiro atoms. The Morgan fingerprint density at radius 2 is 2.17 bits per heavy atom.